The molecule has 1 fully saturated rings. The van der Waals surface area contributed by atoms with Crippen molar-refractivity contribution in [2.24, 2.45) is 5.73 Å². The highest BCUT2D eigenvalue weighted by atomic mass is 16.5. The summed E-state index contributed by atoms with van der Waals surface area (Å²) in [5.41, 5.74) is 11.2. The summed E-state index contributed by atoms with van der Waals surface area (Å²) in [7, 11) is 5.62. The Morgan fingerprint density at radius 3 is 2.64 bits per heavy atom. The quantitative estimate of drug-likeness (QED) is 0.593. The molecule has 7 nitrogen and oxygen atoms in total. The SMILES string of the molecule is COc1cc(C)ccc1CN1CCC[C@H]1c1nc(N(C)C)ncc1-c1ccc(C(N)=O)cc1. The number of benzene rings is 2. The van der Waals surface area contributed by atoms with E-state index in [1.807, 2.05) is 37.3 Å². The highest BCUT2D eigenvalue weighted by molar-refractivity contribution is 5.93. The molecule has 1 aliphatic rings. The van der Waals surface area contributed by atoms with Crippen molar-refractivity contribution >= 4 is 11.9 Å². The van der Waals surface area contributed by atoms with E-state index in [4.69, 9.17) is 15.5 Å². The number of rotatable bonds is 7. The van der Waals surface area contributed by atoms with Crippen LogP contribution >= 0.6 is 0 Å². The maximum absolute atomic E-state index is 11.5. The summed E-state index contributed by atoms with van der Waals surface area (Å²) in [4.78, 5) is 25.5. The van der Waals surface area contributed by atoms with Crippen LogP contribution in [0.4, 0.5) is 5.95 Å². The van der Waals surface area contributed by atoms with Gasteiger partial charge < -0.3 is 15.4 Å². The number of nitrogens with two attached hydrogens (primary N) is 1. The third-order valence-electron chi connectivity index (χ3n) is 6.18. The Labute approximate surface area is 195 Å². The zero-order valence-electron chi connectivity index (χ0n) is 19.7. The van der Waals surface area contributed by atoms with Crippen LogP contribution in [-0.4, -0.2) is 48.5 Å². The van der Waals surface area contributed by atoms with Crippen molar-refractivity contribution in [3.63, 3.8) is 0 Å². The molecule has 0 aliphatic carbocycles. The average molecular weight is 446 g/mol. The number of likely N-dealkylation sites (tertiary alicyclic amines) is 1. The lowest BCUT2D eigenvalue weighted by molar-refractivity contribution is 0.100. The number of amides is 1. The zero-order valence-corrected chi connectivity index (χ0v) is 19.7. The molecular weight excluding hydrogens is 414 g/mol. The molecule has 2 aromatic carbocycles. The van der Waals surface area contributed by atoms with Gasteiger partial charge in [-0.15, -0.1) is 0 Å². The second kappa shape index (κ2) is 9.58. The maximum atomic E-state index is 11.5. The van der Waals surface area contributed by atoms with Crippen molar-refractivity contribution < 1.29 is 9.53 Å². The predicted octanol–water partition coefficient (Wildman–Crippen LogP) is 3.96. The third kappa shape index (κ3) is 4.83. The van der Waals surface area contributed by atoms with Gasteiger partial charge in [0.1, 0.15) is 5.75 Å². The normalized spacial score (nSPS) is 16.1. The van der Waals surface area contributed by atoms with Crippen molar-refractivity contribution in [1.82, 2.24) is 14.9 Å². The number of aromatic nitrogens is 2. The van der Waals surface area contributed by atoms with Gasteiger partial charge in [0.05, 0.1) is 18.8 Å². The third-order valence-corrected chi connectivity index (χ3v) is 6.18. The van der Waals surface area contributed by atoms with Crippen LogP contribution in [0.15, 0.2) is 48.7 Å². The molecule has 4 rings (SSSR count). The van der Waals surface area contributed by atoms with E-state index < -0.39 is 5.91 Å². The number of hydrogen-bond acceptors (Lipinski definition) is 6. The molecule has 2 N–H and O–H groups in total. The van der Waals surface area contributed by atoms with Crippen molar-refractivity contribution in [3.05, 3.63) is 71.0 Å². The second-order valence-corrected chi connectivity index (χ2v) is 8.75. The number of primary amides is 1. The standard InChI is InChI=1S/C26H31N5O2/c1-17-7-8-20(23(14-17)33-4)16-31-13-5-6-22(31)24-21(15-28-26(29-24)30(2)3)18-9-11-19(12-10-18)25(27)32/h7-12,14-15,22H,5-6,13,16H2,1-4H3,(H2,27,32)/t22-/m0/s1. The average Bonchev–Trinajstić information content (AvgIpc) is 3.27. The fourth-order valence-corrected chi connectivity index (χ4v) is 4.42. The van der Waals surface area contributed by atoms with Crippen molar-refractivity contribution in [3.8, 4) is 16.9 Å². The minimum absolute atomic E-state index is 0.156. The van der Waals surface area contributed by atoms with Gasteiger partial charge in [-0.25, -0.2) is 9.97 Å². The fourth-order valence-electron chi connectivity index (χ4n) is 4.42. The van der Waals surface area contributed by atoms with E-state index in [-0.39, 0.29) is 6.04 Å². The van der Waals surface area contributed by atoms with Gasteiger partial charge in [-0.3, -0.25) is 9.69 Å². The van der Waals surface area contributed by atoms with Gasteiger partial charge in [0.15, 0.2) is 0 Å². The topological polar surface area (TPSA) is 84.6 Å². The molecule has 1 saturated heterocycles. The Balaban J connectivity index is 1.72. The lowest BCUT2D eigenvalue weighted by atomic mass is 9.98. The van der Waals surface area contributed by atoms with Crippen molar-refractivity contribution in [1.29, 1.82) is 0 Å². The van der Waals surface area contributed by atoms with E-state index >= 15 is 0 Å². The molecular formula is C26H31N5O2. The Morgan fingerprint density at radius 1 is 1.21 bits per heavy atom. The largest absolute Gasteiger partial charge is 0.496 e. The summed E-state index contributed by atoms with van der Waals surface area (Å²) in [6, 6.07) is 13.9. The monoisotopic (exact) mass is 445 g/mol. The van der Waals surface area contributed by atoms with Gasteiger partial charge in [-0.2, -0.15) is 0 Å². The molecule has 1 amide bonds. The lowest BCUT2D eigenvalue weighted by Crippen LogP contribution is -2.25. The summed E-state index contributed by atoms with van der Waals surface area (Å²) in [5.74, 6) is 1.16. The number of nitrogens with zero attached hydrogens (tertiary/aromatic N) is 4. The number of carbonyl (C=O) groups is 1. The van der Waals surface area contributed by atoms with Crippen LogP contribution in [0.3, 0.4) is 0 Å². The first-order valence-corrected chi connectivity index (χ1v) is 11.2. The van der Waals surface area contributed by atoms with Crippen LogP contribution in [0.25, 0.3) is 11.1 Å². The Hall–Kier alpha value is -3.45. The molecule has 0 saturated carbocycles. The molecule has 33 heavy (non-hydrogen) atoms. The molecule has 0 radical (unpaired) electrons. The number of methoxy groups -OCH3 is 1. The predicted molar refractivity (Wildman–Crippen MR) is 130 cm³/mol. The van der Waals surface area contributed by atoms with Crippen LogP contribution in [0.1, 0.15) is 46.1 Å². The van der Waals surface area contributed by atoms with E-state index in [1.54, 1.807) is 19.2 Å². The van der Waals surface area contributed by atoms with E-state index in [9.17, 15) is 4.79 Å². The molecule has 3 aromatic rings. The minimum atomic E-state index is -0.435. The zero-order chi connectivity index (χ0) is 23.5. The highest BCUT2D eigenvalue weighted by Gasteiger charge is 2.31. The van der Waals surface area contributed by atoms with Crippen LogP contribution in [0.5, 0.6) is 5.75 Å². The molecule has 2 heterocycles. The van der Waals surface area contributed by atoms with Gasteiger partial charge in [0.25, 0.3) is 0 Å². The van der Waals surface area contributed by atoms with E-state index in [0.29, 0.717) is 11.5 Å². The van der Waals surface area contributed by atoms with Crippen LogP contribution < -0.4 is 15.4 Å². The first-order chi connectivity index (χ1) is 15.9. The van der Waals surface area contributed by atoms with Gasteiger partial charge in [0.2, 0.25) is 11.9 Å². The Kier molecular flexibility index (Phi) is 6.60. The van der Waals surface area contributed by atoms with Gasteiger partial charge >= 0.3 is 0 Å². The van der Waals surface area contributed by atoms with Gasteiger partial charge in [-0.05, 0) is 55.6 Å². The summed E-state index contributed by atoms with van der Waals surface area (Å²) in [6.07, 6.45) is 4.00. The van der Waals surface area contributed by atoms with E-state index in [0.717, 1.165) is 48.5 Å². The Bertz CT molecular complexity index is 1140. The summed E-state index contributed by atoms with van der Waals surface area (Å²) in [6.45, 7) is 3.85. The van der Waals surface area contributed by atoms with Crippen molar-refractivity contribution in [2.45, 2.75) is 32.4 Å². The lowest BCUT2D eigenvalue weighted by Gasteiger charge is -2.27. The van der Waals surface area contributed by atoms with E-state index in [1.165, 1.54) is 11.1 Å². The van der Waals surface area contributed by atoms with Gasteiger partial charge in [0, 0.05) is 43.5 Å². The molecule has 172 valence electrons. The second-order valence-electron chi connectivity index (χ2n) is 8.75. The molecule has 1 aromatic heterocycles. The Morgan fingerprint density at radius 2 is 1.97 bits per heavy atom. The number of ether oxygens (including phenoxy) is 1. The molecule has 1 aliphatic heterocycles. The maximum Gasteiger partial charge on any atom is 0.248 e. The first-order valence-electron chi connectivity index (χ1n) is 11.2. The first kappa shape index (κ1) is 22.7. The summed E-state index contributed by atoms with van der Waals surface area (Å²) < 4.78 is 5.65. The molecule has 0 bridgehead atoms. The van der Waals surface area contributed by atoms with Crippen LogP contribution in [-0.2, 0) is 6.54 Å². The van der Waals surface area contributed by atoms with Crippen molar-refractivity contribution in [2.75, 3.05) is 32.6 Å². The van der Waals surface area contributed by atoms with Crippen LogP contribution in [0.2, 0.25) is 0 Å². The number of hydrogen-bond donors (Lipinski definition) is 1. The molecule has 7 heteroatoms. The summed E-state index contributed by atoms with van der Waals surface area (Å²) in [5, 5.41) is 0. The minimum Gasteiger partial charge on any atom is -0.496 e. The smallest absolute Gasteiger partial charge is 0.248 e. The number of anilines is 1. The number of carbonyl (C=O) groups excluding carboxylic acids is 1. The summed E-state index contributed by atoms with van der Waals surface area (Å²) >= 11 is 0. The highest BCUT2D eigenvalue weighted by Crippen LogP contribution is 2.38. The van der Waals surface area contributed by atoms with Gasteiger partial charge in [-0.1, -0.05) is 24.3 Å². The number of aryl methyl sites for hydroxylation is 1. The molecule has 1 atom stereocenters. The molecule has 0 spiro atoms. The fraction of sp³-hybridized carbons (Fsp3) is 0.346. The molecule has 0 unspecified atom stereocenters. The van der Waals surface area contributed by atoms with Crippen LogP contribution in [0, 0.1) is 6.92 Å². The van der Waals surface area contributed by atoms with E-state index in [2.05, 4.69) is 35.0 Å².